The maximum atomic E-state index is 12.5. The number of benzene rings is 3. The summed E-state index contributed by atoms with van der Waals surface area (Å²) in [6.07, 6.45) is 0. The van der Waals surface area contributed by atoms with Crippen molar-refractivity contribution in [2.24, 2.45) is 0 Å². The standard InChI is InChI=1S/C22H17Cl2N3O4S/c1-13(21(28)26-19-4-2-3-18(23)20(19)24)32-17-11-7-15(8-12-17)25-22(29)14-5-9-16(10-6-14)27(30)31/h2-13H,1H3,(H,25,29)(H,26,28). The first-order valence-electron chi connectivity index (χ1n) is 9.32. The molecule has 0 radical (unpaired) electrons. The van der Waals surface area contributed by atoms with Gasteiger partial charge in [-0.2, -0.15) is 0 Å². The molecular formula is C22H17Cl2N3O4S. The van der Waals surface area contributed by atoms with E-state index in [9.17, 15) is 19.7 Å². The summed E-state index contributed by atoms with van der Waals surface area (Å²) >= 11 is 13.4. The Balaban J connectivity index is 1.57. The number of hydrogen-bond donors (Lipinski definition) is 2. The number of halogens is 2. The summed E-state index contributed by atoms with van der Waals surface area (Å²) in [6, 6.07) is 17.3. The van der Waals surface area contributed by atoms with E-state index in [1.807, 2.05) is 0 Å². The highest BCUT2D eigenvalue weighted by Crippen LogP contribution is 2.31. The number of non-ortho nitro benzene ring substituents is 1. The third-order valence-corrected chi connectivity index (χ3v) is 6.27. The second kappa shape index (κ2) is 10.5. The minimum atomic E-state index is -0.525. The van der Waals surface area contributed by atoms with Gasteiger partial charge >= 0.3 is 0 Å². The van der Waals surface area contributed by atoms with Gasteiger partial charge in [0.25, 0.3) is 11.6 Å². The molecule has 0 aliphatic heterocycles. The second-order valence-corrected chi connectivity index (χ2v) is 8.83. The predicted octanol–water partition coefficient (Wildman–Crippen LogP) is 6.27. The molecule has 7 nitrogen and oxygen atoms in total. The molecule has 3 rings (SSSR count). The zero-order chi connectivity index (χ0) is 23.3. The van der Waals surface area contributed by atoms with Gasteiger partial charge in [0.05, 0.1) is 25.9 Å². The molecule has 0 saturated heterocycles. The topological polar surface area (TPSA) is 101 Å². The molecule has 0 aliphatic rings. The fourth-order valence-corrected chi connectivity index (χ4v) is 3.86. The van der Waals surface area contributed by atoms with E-state index < -0.39 is 10.2 Å². The van der Waals surface area contributed by atoms with E-state index in [1.54, 1.807) is 49.4 Å². The summed E-state index contributed by atoms with van der Waals surface area (Å²) in [7, 11) is 0. The van der Waals surface area contributed by atoms with Crippen molar-refractivity contribution in [2.45, 2.75) is 17.1 Å². The van der Waals surface area contributed by atoms with Gasteiger partial charge in [0.1, 0.15) is 0 Å². The van der Waals surface area contributed by atoms with E-state index in [1.165, 1.54) is 36.0 Å². The number of carbonyl (C=O) groups excluding carboxylic acids is 2. The summed E-state index contributed by atoms with van der Waals surface area (Å²) in [5, 5.41) is 16.4. The van der Waals surface area contributed by atoms with E-state index in [0.29, 0.717) is 22.0 Å². The van der Waals surface area contributed by atoms with Crippen LogP contribution >= 0.6 is 35.0 Å². The van der Waals surface area contributed by atoms with Crippen LogP contribution < -0.4 is 10.6 Å². The Morgan fingerprint density at radius 3 is 2.25 bits per heavy atom. The van der Waals surface area contributed by atoms with Crippen molar-refractivity contribution in [2.75, 3.05) is 10.6 Å². The summed E-state index contributed by atoms with van der Waals surface area (Å²) in [4.78, 5) is 35.8. The van der Waals surface area contributed by atoms with Gasteiger partial charge in [0.2, 0.25) is 5.91 Å². The smallest absolute Gasteiger partial charge is 0.269 e. The van der Waals surface area contributed by atoms with Crippen molar-refractivity contribution in [3.63, 3.8) is 0 Å². The Bertz CT molecular complexity index is 1150. The van der Waals surface area contributed by atoms with Gasteiger partial charge in [-0.05, 0) is 55.5 Å². The fraction of sp³-hybridized carbons (Fsp3) is 0.0909. The molecule has 1 atom stereocenters. The highest BCUT2D eigenvalue weighted by Gasteiger charge is 2.17. The first-order chi connectivity index (χ1) is 15.2. The van der Waals surface area contributed by atoms with Crippen molar-refractivity contribution in [3.8, 4) is 0 Å². The van der Waals surface area contributed by atoms with Gasteiger partial charge in [-0.15, -0.1) is 11.8 Å². The number of thioether (sulfide) groups is 1. The Morgan fingerprint density at radius 2 is 1.62 bits per heavy atom. The molecule has 0 heterocycles. The lowest BCUT2D eigenvalue weighted by molar-refractivity contribution is -0.384. The number of nitrogens with one attached hydrogen (secondary N) is 2. The van der Waals surface area contributed by atoms with Crippen LogP contribution in [0, 0.1) is 10.1 Å². The van der Waals surface area contributed by atoms with Crippen LogP contribution in [0.5, 0.6) is 0 Å². The SMILES string of the molecule is CC(Sc1ccc(NC(=O)c2ccc([N+](=O)[O-])cc2)cc1)C(=O)Nc1cccc(Cl)c1Cl. The van der Waals surface area contributed by atoms with Crippen LogP contribution in [-0.4, -0.2) is 22.0 Å². The maximum Gasteiger partial charge on any atom is 0.269 e. The van der Waals surface area contributed by atoms with Crippen molar-refractivity contribution < 1.29 is 14.5 Å². The first kappa shape index (κ1) is 23.6. The summed E-state index contributed by atoms with van der Waals surface area (Å²) in [5.41, 5.74) is 1.22. The van der Waals surface area contributed by atoms with E-state index in [0.717, 1.165) is 4.90 Å². The van der Waals surface area contributed by atoms with Gasteiger partial charge < -0.3 is 10.6 Å². The highest BCUT2D eigenvalue weighted by molar-refractivity contribution is 8.00. The summed E-state index contributed by atoms with van der Waals surface area (Å²) < 4.78 is 0. The summed E-state index contributed by atoms with van der Waals surface area (Å²) in [5.74, 6) is -0.610. The number of nitro benzene ring substituents is 1. The van der Waals surface area contributed by atoms with Gasteiger partial charge in [0.15, 0.2) is 0 Å². The number of nitrogens with zero attached hydrogens (tertiary/aromatic N) is 1. The molecule has 3 aromatic carbocycles. The van der Waals surface area contributed by atoms with E-state index >= 15 is 0 Å². The minimum Gasteiger partial charge on any atom is -0.324 e. The fourth-order valence-electron chi connectivity index (χ4n) is 2.65. The number of carbonyl (C=O) groups is 2. The van der Waals surface area contributed by atoms with Crippen molar-refractivity contribution in [1.82, 2.24) is 0 Å². The molecule has 0 fully saturated rings. The predicted molar refractivity (Wildman–Crippen MR) is 128 cm³/mol. The lowest BCUT2D eigenvalue weighted by atomic mass is 10.2. The number of hydrogen-bond acceptors (Lipinski definition) is 5. The molecule has 0 bridgehead atoms. The molecule has 3 aromatic rings. The number of rotatable bonds is 7. The number of anilines is 2. The molecule has 164 valence electrons. The van der Waals surface area contributed by atoms with Crippen molar-refractivity contribution in [1.29, 1.82) is 0 Å². The molecule has 2 N–H and O–H groups in total. The molecule has 0 aliphatic carbocycles. The average Bonchev–Trinajstić information content (AvgIpc) is 2.78. The van der Waals surface area contributed by atoms with Crippen LogP contribution in [0.4, 0.5) is 17.1 Å². The monoisotopic (exact) mass is 489 g/mol. The Labute approximate surface area is 198 Å². The summed E-state index contributed by atoms with van der Waals surface area (Å²) in [6.45, 7) is 1.77. The lowest BCUT2D eigenvalue weighted by Crippen LogP contribution is -2.22. The van der Waals surface area contributed by atoms with E-state index in [4.69, 9.17) is 23.2 Å². The highest BCUT2D eigenvalue weighted by atomic mass is 35.5. The lowest BCUT2D eigenvalue weighted by Gasteiger charge is -2.14. The van der Waals surface area contributed by atoms with Crippen LogP contribution in [0.3, 0.4) is 0 Å². The molecule has 0 aromatic heterocycles. The van der Waals surface area contributed by atoms with E-state index in [-0.39, 0.29) is 22.5 Å². The van der Waals surface area contributed by atoms with Gasteiger partial charge in [-0.25, -0.2) is 0 Å². The van der Waals surface area contributed by atoms with Gasteiger partial charge in [-0.3, -0.25) is 19.7 Å². The van der Waals surface area contributed by atoms with Crippen LogP contribution in [0.25, 0.3) is 0 Å². The van der Waals surface area contributed by atoms with Crippen LogP contribution in [0.2, 0.25) is 10.0 Å². The molecule has 10 heteroatoms. The molecular weight excluding hydrogens is 473 g/mol. The maximum absolute atomic E-state index is 12.5. The van der Waals surface area contributed by atoms with Crippen molar-refractivity contribution in [3.05, 3.63) is 92.5 Å². The van der Waals surface area contributed by atoms with E-state index in [2.05, 4.69) is 10.6 Å². The van der Waals surface area contributed by atoms with Crippen LogP contribution in [0.15, 0.2) is 71.6 Å². The molecule has 0 spiro atoms. The number of nitro groups is 1. The molecule has 0 saturated carbocycles. The normalized spacial score (nSPS) is 11.5. The largest absolute Gasteiger partial charge is 0.324 e. The Kier molecular flexibility index (Phi) is 7.74. The average molecular weight is 490 g/mol. The van der Waals surface area contributed by atoms with Gasteiger partial charge in [0, 0.05) is 28.3 Å². The Morgan fingerprint density at radius 1 is 0.969 bits per heavy atom. The number of amides is 2. The zero-order valence-electron chi connectivity index (χ0n) is 16.7. The first-order valence-corrected chi connectivity index (χ1v) is 11.0. The van der Waals surface area contributed by atoms with Crippen LogP contribution in [-0.2, 0) is 4.79 Å². The molecule has 1 unspecified atom stereocenters. The molecule has 32 heavy (non-hydrogen) atoms. The zero-order valence-corrected chi connectivity index (χ0v) is 19.0. The van der Waals surface area contributed by atoms with Gasteiger partial charge in [-0.1, -0.05) is 29.3 Å². The quantitative estimate of drug-likeness (QED) is 0.231. The molecule has 2 amide bonds. The minimum absolute atomic E-state index is 0.0845. The Hall–Kier alpha value is -3.07. The third kappa shape index (κ3) is 6.00. The third-order valence-electron chi connectivity index (χ3n) is 4.34. The van der Waals surface area contributed by atoms with Crippen LogP contribution in [0.1, 0.15) is 17.3 Å². The van der Waals surface area contributed by atoms with Crippen molar-refractivity contribution >= 4 is 63.8 Å². The second-order valence-electron chi connectivity index (χ2n) is 6.63.